The number of piperazine rings is 1. The Bertz CT molecular complexity index is 1540. The van der Waals surface area contributed by atoms with E-state index in [0.29, 0.717) is 43.1 Å². The molecule has 176 valence electrons. The molecular formula is C22H22N6O4S2. The third kappa shape index (κ3) is 4.15. The van der Waals surface area contributed by atoms with Crippen molar-refractivity contribution in [2.24, 2.45) is 0 Å². The number of rotatable bonds is 5. The van der Waals surface area contributed by atoms with Crippen LogP contribution in [0, 0.1) is 0 Å². The molecule has 1 aliphatic rings. The molecule has 1 saturated heterocycles. The third-order valence-corrected chi connectivity index (χ3v) is 8.71. The van der Waals surface area contributed by atoms with Crippen molar-refractivity contribution in [1.29, 1.82) is 0 Å². The lowest BCUT2D eigenvalue weighted by molar-refractivity contribution is 0.381. The van der Waals surface area contributed by atoms with Crippen LogP contribution in [0.15, 0.2) is 76.9 Å². The van der Waals surface area contributed by atoms with Gasteiger partial charge in [0.05, 0.1) is 16.8 Å². The molecule has 0 amide bonds. The van der Waals surface area contributed by atoms with Crippen LogP contribution in [-0.2, 0) is 19.9 Å². The topological polar surface area (TPSA) is 118 Å². The summed E-state index contributed by atoms with van der Waals surface area (Å²) in [5, 5.41) is 4.49. The van der Waals surface area contributed by atoms with Gasteiger partial charge in [-0.15, -0.1) is 0 Å². The van der Waals surface area contributed by atoms with E-state index in [9.17, 15) is 16.8 Å². The van der Waals surface area contributed by atoms with E-state index in [4.69, 9.17) is 0 Å². The molecule has 0 spiro atoms. The zero-order valence-electron chi connectivity index (χ0n) is 18.3. The Hall–Kier alpha value is -3.35. The van der Waals surface area contributed by atoms with Gasteiger partial charge >= 0.3 is 0 Å². The number of sulfone groups is 1. The van der Waals surface area contributed by atoms with Crippen LogP contribution < -0.4 is 4.90 Å². The number of hydrogen-bond acceptors (Lipinski definition) is 8. The van der Waals surface area contributed by atoms with Gasteiger partial charge in [0.2, 0.25) is 0 Å². The molecule has 12 heteroatoms. The Morgan fingerprint density at radius 1 is 0.824 bits per heavy atom. The maximum Gasteiger partial charge on any atom is 0.262 e. The fourth-order valence-electron chi connectivity index (χ4n) is 3.89. The summed E-state index contributed by atoms with van der Waals surface area (Å²) in [6.07, 6.45) is 4.18. The van der Waals surface area contributed by atoms with Crippen molar-refractivity contribution >= 4 is 31.3 Å². The molecule has 0 aliphatic carbocycles. The number of aromatic nitrogens is 4. The SMILES string of the molecule is CS(=O)(=O)c1ccc(-c2ccc3ncc(S(=O)(=O)N4CCN(c5ccccn5)CC4)n3n2)cc1. The van der Waals surface area contributed by atoms with Gasteiger partial charge in [-0.3, -0.25) is 0 Å². The molecule has 1 aliphatic heterocycles. The van der Waals surface area contributed by atoms with Crippen LogP contribution in [0.4, 0.5) is 5.82 Å². The molecule has 3 aromatic heterocycles. The molecular weight excluding hydrogens is 476 g/mol. The Morgan fingerprint density at radius 2 is 1.56 bits per heavy atom. The molecule has 10 nitrogen and oxygen atoms in total. The Kier molecular flexibility index (Phi) is 5.58. The van der Waals surface area contributed by atoms with E-state index in [-0.39, 0.29) is 9.92 Å². The Morgan fingerprint density at radius 3 is 2.21 bits per heavy atom. The van der Waals surface area contributed by atoms with Crippen molar-refractivity contribution in [2.45, 2.75) is 9.92 Å². The van der Waals surface area contributed by atoms with Crippen LogP contribution in [0.5, 0.6) is 0 Å². The monoisotopic (exact) mass is 498 g/mol. The van der Waals surface area contributed by atoms with Crippen molar-refractivity contribution in [3.8, 4) is 11.3 Å². The van der Waals surface area contributed by atoms with Crippen LogP contribution in [0.25, 0.3) is 16.9 Å². The molecule has 0 saturated carbocycles. The molecule has 5 rings (SSSR count). The van der Waals surface area contributed by atoms with Gasteiger partial charge in [-0.05, 0) is 36.4 Å². The second kappa shape index (κ2) is 8.46. The minimum Gasteiger partial charge on any atom is -0.354 e. The number of hydrogen-bond donors (Lipinski definition) is 0. The van der Waals surface area contributed by atoms with Crippen LogP contribution in [0.3, 0.4) is 0 Å². The average molecular weight is 499 g/mol. The number of sulfonamides is 1. The number of imidazole rings is 1. The highest BCUT2D eigenvalue weighted by Gasteiger charge is 2.32. The fourth-order valence-corrected chi connectivity index (χ4v) is 5.96. The summed E-state index contributed by atoms with van der Waals surface area (Å²) >= 11 is 0. The van der Waals surface area contributed by atoms with Crippen LogP contribution in [0.1, 0.15) is 0 Å². The zero-order valence-corrected chi connectivity index (χ0v) is 19.9. The minimum atomic E-state index is -3.83. The first-order valence-corrected chi connectivity index (χ1v) is 13.9. The molecule has 0 N–H and O–H groups in total. The highest BCUT2D eigenvalue weighted by molar-refractivity contribution is 7.90. The third-order valence-electron chi connectivity index (χ3n) is 5.73. The highest BCUT2D eigenvalue weighted by Crippen LogP contribution is 2.24. The molecule has 4 heterocycles. The molecule has 0 bridgehead atoms. The van der Waals surface area contributed by atoms with Gasteiger partial charge in [0.1, 0.15) is 5.82 Å². The number of pyridine rings is 1. The summed E-state index contributed by atoms with van der Waals surface area (Å²) in [5.74, 6) is 0.822. The quantitative estimate of drug-likeness (QED) is 0.408. The molecule has 0 radical (unpaired) electrons. The second-order valence-corrected chi connectivity index (χ2v) is 11.9. The Balaban J connectivity index is 1.42. The minimum absolute atomic E-state index is 0.0107. The molecule has 4 aromatic rings. The van der Waals surface area contributed by atoms with Gasteiger partial charge in [0.25, 0.3) is 10.0 Å². The van der Waals surface area contributed by atoms with Gasteiger partial charge in [0, 0.05) is 44.2 Å². The summed E-state index contributed by atoms with van der Waals surface area (Å²) in [6.45, 7) is 1.69. The average Bonchev–Trinajstić information content (AvgIpc) is 3.28. The summed E-state index contributed by atoms with van der Waals surface area (Å²) in [4.78, 5) is 10.8. The molecule has 0 unspecified atom stereocenters. The van der Waals surface area contributed by atoms with E-state index in [0.717, 1.165) is 12.1 Å². The van der Waals surface area contributed by atoms with E-state index >= 15 is 0 Å². The van der Waals surface area contributed by atoms with Crippen molar-refractivity contribution in [3.63, 3.8) is 0 Å². The summed E-state index contributed by atoms with van der Waals surface area (Å²) in [5.41, 5.74) is 1.57. The number of anilines is 1. The van der Waals surface area contributed by atoms with E-state index in [1.54, 1.807) is 30.5 Å². The van der Waals surface area contributed by atoms with Gasteiger partial charge in [-0.1, -0.05) is 18.2 Å². The van der Waals surface area contributed by atoms with Gasteiger partial charge in [0.15, 0.2) is 20.5 Å². The number of fused-ring (bicyclic) bond motifs is 1. The van der Waals surface area contributed by atoms with Gasteiger partial charge < -0.3 is 4.90 Å². The zero-order chi connectivity index (χ0) is 23.9. The lowest BCUT2D eigenvalue weighted by Gasteiger charge is -2.34. The maximum atomic E-state index is 13.4. The second-order valence-electron chi connectivity index (χ2n) is 7.96. The van der Waals surface area contributed by atoms with Crippen molar-refractivity contribution in [2.75, 3.05) is 37.3 Å². The first-order valence-electron chi connectivity index (χ1n) is 10.5. The summed E-state index contributed by atoms with van der Waals surface area (Å²) < 4.78 is 53.1. The van der Waals surface area contributed by atoms with Crippen LogP contribution in [0.2, 0.25) is 0 Å². The Labute approximate surface area is 197 Å². The number of benzene rings is 1. The predicted molar refractivity (Wildman–Crippen MR) is 127 cm³/mol. The van der Waals surface area contributed by atoms with Crippen molar-refractivity contribution in [1.82, 2.24) is 23.9 Å². The van der Waals surface area contributed by atoms with Crippen LogP contribution >= 0.6 is 0 Å². The highest BCUT2D eigenvalue weighted by atomic mass is 32.2. The largest absolute Gasteiger partial charge is 0.354 e. The van der Waals surface area contributed by atoms with E-state index in [2.05, 4.69) is 20.0 Å². The summed E-state index contributed by atoms with van der Waals surface area (Å²) in [6, 6.07) is 15.4. The van der Waals surface area contributed by atoms with Crippen molar-refractivity contribution < 1.29 is 16.8 Å². The molecule has 1 fully saturated rings. The number of nitrogens with zero attached hydrogens (tertiary/aromatic N) is 6. The predicted octanol–water partition coefficient (Wildman–Crippen LogP) is 1.71. The van der Waals surface area contributed by atoms with E-state index < -0.39 is 19.9 Å². The first kappa shape index (κ1) is 22.4. The normalized spacial score (nSPS) is 15.6. The lowest BCUT2D eigenvalue weighted by Crippen LogP contribution is -2.49. The van der Waals surface area contributed by atoms with Crippen molar-refractivity contribution in [3.05, 3.63) is 67.0 Å². The smallest absolute Gasteiger partial charge is 0.262 e. The standard InChI is InChI=1S/C22H22N6O4S2/c1-33(29,30)18-7-5-17(6-8-18)19-9-10-21-24-16-22(28(21)25-19)34(31,32)27-14-12-26(13-15-27)20-4-2-3-11-23-20/h2-11,16H,12-15H2,1H3. The fraction of sp³-hybridized carbons (Fsp3) is 0.227. The molecule has 1 aromatic carbocycles. The van der Waals surface area contributed by atoms with Gasteiger partial charge in [-0.25, -0.2) is 31.3 Å². The lowest BCUT2D eigenvalue weighted by atomic mass is 10.1. The van der Waals surface area contributed by atoms with Gasteiger partial charge in [-0.2, -0.15) is 9.40 Å². The van der Waals surface area contributed by atoms with E-state index in [1.807, 2.05) is 18.2 Å². The first-order chi connectivity index (χ1) is 16.2. The molecule has 0 atom stereocenters. The van der Waals surface area contributed by atoms with E-state index in [1.165, 1.54) is 27.2 Å². The molecule has 34 heavy (non-hydrogen) atoms. The maximum absolute atomic E-state index is 13.4. The van der Waals surface area contributed by atoms with Crippen LogP contribution in [-0.4, -0.2) is 73.2 Å². The summed E-state index contributed by atoms with van der Waals surface area (Å²) in [7, 11) is -7.15.